The molecule has 1 unspecified atom stereocenters. The molecule has 8 heteroatoms. The maximum atomic E-state index is 11.9. The van der Waals surface area contributed by atoms with E-state index in [0.29, 0.717) is 12.4 Å². The molecule has 8 nitrogen and oxygen atoms in total. The van der Waals surface area contributed by atoms with Crippen LogP contribution in [-0.2, 0) is 20.9 Å². The predicted octanol–water partition coefficient (Wildman–Crippen LogP) is 1.36. The second-order valence-corrected chi connectivity index (χ2v) is 4.16. The number of ether oxygens (including phenoxy) is 1. The van der Waals surface area contributed by atoms with Crippen molar-refractivity contribution in [2.75, 3.05) is 6.61 Å². The summed E-state index contributed by atoms with van der Waals surface area (Å²) in [6.07, 6.45) is 0. The maximum absolute atomic E-state index is 11.9. The van der Waals surface area contributed by atoms with Crippen LogP contribution in [0.25, 0.3) is 0 Å². The molecular formula is C12H17N3O5. The van der Waals surface area contributed by atoms with E-state index in [1.807, 2.05) is 0 Å². The summed E-state index contributed by atoms with van der Waals surface area (Å²) >= 11 is 0. The number of aryl methyl sites for hydroxylation is 1. The van der Waals surface area contributed by atoms with E-state index in [1.165, 1.54) is 11.5 Å². The first kappa shape index (κ1) is 15.8. The molecule has 0 amide bonds. The number of ketones is 1. The fraction of sp³-hybridized carbons (Fsp3) is 0.583. The average Bonchev–Trinajstić information content (AvgIpc) is 2.66. The van der Waals surface area contributed by atoms with Crippen molar-refractivity contribution in [3.05, 3.63) is 21.6 Å². The zero-order chi connectivity index (χ0) is 15.4. The highest BCUT2D eigenvalue weighted by molar-refractivity contribution is 6.03. The average molecular weight is 283 g/mol. The molecule has 0 aliphatic rings. The van der Waals surface area contributed by atoms with Crippen molar-refractivity contribution in [3.8, 4) is 0 Å². The molecule has 1 heterocycles. The lowest BCUT2D eigenvalue weighted by atomic mass is 10.0. The van der Waals surface area contributed by atoms with Gasteiger partial charge in [-0.1, -0.05) is 0 Å². The summed E-state index contributed by atoms with van der Waals surface area (Å²) in [7, 11) is 0. The Morgan fingerprint density at radius 1 is 1.45 bits per heavy atom. The number of esters is 1. The number of rotatable bonds is 6. The molecule has 1 aromatic rings. The molecule has 0 spiro atoms. The number of nitro groups is 1. The van der Waals surface area contributed by atoms with Crippen molar-refractivity contribution in [1.82, 2.24) is 9.55 Å². The van der Waals surface area contributed by atoms with Crippen molar-refractivity contribution in [1.29, 1.82) is 0 Å². The van der Waals surface area contributed by atoms with E-state index in [0.717, 1.165) is 0 Å². The molecule has 1 atom stereocenters. The van der Waals surface area contributed by atoms with Crippen molar-refractivity contribution < 1.29 is 19.2 Å². The second-order valence-electron chi connectivity index (χ2n) is 4.16. The summed E-state index contributed by atoms with van der Waals surface area (Å²) in [5.74, 6) is -2.72. The predicted molar refractivity (Wildman–Crippen MR) is 69.3 cm³/mol. The van der Waals surface area contributed by atoms with E-state index < -0.39 is 28.4 Å². The first-order valence-electron chi connectivity index (χ1n) is 6.23. The van der Waals surface area contributed by atoms with Crippen LogP contribution in [-0.4, -0.2) is 32.8 Å². The quantitative estimate of drug-likeness (QED) is 0.338. The van der Waals surface area contributed by atoms with Crippen molar-refractivity contribution in [3.63, 3.8) is 0 Å². The second kappa shape index (κ2) is 6.27. The number of hydrogen-bond acceptors (Lipinski definition) is 6. The number of nitrogens with zero attached hydrogens (tertiary/aromatic N) is 3. The molecule has 0 aromatic carbocycles. The SMILES string of the molecule is CCOC(=O)C(C(C)=O)c1c([N+](=O)[O-])nc(C)n1CC. The Morgan fingerprint density at radius 3 is 2.45 bits per heavy atom. The van der Waals surface area contributed by atoms with E-state index >= 15 is 0 Å². The maximum Gasteiger partial charge on any atom is 0.386 e. The van der Waals surface area contributed by atoms with Crippen LogP contribution >= 0.6 is 0 Å². The normalized spacial score (nSPS) is 12.0. The van der Waals surface area contributed by atoms with Crippen LogP contribution in [0.4, 0.5) is 5.82 Å². The van der Waals surface area contributed by atoms with Crippen LogP contribution in [0.1, 0.15) is 38.2 Å². The van der Waals surface area contributed by atoms with Gasteiger partial charge in [0.15, 0.2) is 5.92 Å². The summed E-state index contributed by atoms with van der Waals surface area (Å²) < 4.78 is 6.33. The summed E-state index contributed by atoms with van der Waals surface area (Å²) in [4.78, 5) is 37.9. The van der Waals surface area contributed by atoms with E-state index in [9.17, 15) is 19.7 Å². The minimum absolute atomic E-state index is 0.0130. The van der Waals surface area contributed by atoms with Crippen LogP contribution in [0.5, 0.6) is 0 Å². The number of Topliss-reactive ketones (excluding diaryl/α,β-unsaturated/α-hetero) is 1. The molecule has 0 saturated carbocycles. The van der Waals surface area contributed by atoms with Crippen LogP contribution in [0.3, 0.4) is 0 Å². The van der Waals surface area contributed by atoms with Crippen molar-refractivity contribution in [2.45, 2.75) is 40.2 Å². The van der Waals surface area contributed by atoms with Gasteiger partial charge in [-0.25, -0.2) is 0 Å². The van der Waals surface area contributed by atoms with Gasteiger partial charge < -0.3 is 19.4 Å². The monoisotopic (exact) mass is 283 g/mol. The molecule has 0 aliphatic heterocycles. The van der Waals surface area contributed by atoms with E-state index in [4.69, 9.17) is 4.74 Å². The number of aromatic nitrogens is 2. The Morgan fingerprint density at radius 2 is 2.05 bits per heavy atom. The van der Waals surface area contributed by atoms with Gasteiger partial charge >= 0.3 is 11.8 Å². The molecule has 0 N–H and O–H groups in total. The minimum Gasteiger partial charge on any atom is -0.465 e. The highest BCUT2D eigenvalue weighted by atomic mass is 16.6. The Balaban J connectivity index is 3.49. The van der Waals surface area contributed by atoms with E-state index in [2.05, 4.69) is 4.98 Å². The third-order valence-corrected chi connectivity index (χ3v) is 2.87. The number of carbonyl (C=O) groups excluding carboxylic acids is 2. The first-order valence-corrected chi connectivity index (χ1v) is 6.23. The Bertz CT molecular complexity index is 550. The highest BCUT2D eigenvalue weighted by Gasteiger charge is 2.38. The fourth-order valence-electron chi connectivity index (χ4n) is 2.08. The molecule has 20 heavy (non-hydrogen) atoms. The lowest BCUT2D eigenvalue weighted by Crippen LogP contribution is -2.26. The van der Waals surface area contributed by atoms with Crippen LogP contribution in [0, 0.1) is 17.0 Å². The lowest BCUT2D eigenvalue weighted by molar-refractivity contribution is -0.390. The topological polar surface area (TPSA) is 104 Å². The first-order chi connectivity index (χ1) is 9.34. The molecule has 0 aliphatic carbocycles. The van der Waals surface area contributed by atoms with Gasteiger partial charge in [0, 0.05) is 13.5 Å². The van der Waals surface area contributed by atoms with Gasteiger partial charge in [0.05, 0.1) is 6.61 Å². The van der Waals surface area contributed by atoms with Gasteiger partial charge in [0.25, 0.3) is 0 Å². The van der Waals surface area contributed by atoms with Crippen molar-refractivity contribution >= 4 is 17.6 Å². The van der Waals surface area contributed by atoms with Gasteiger partial charge in [-0.2, -0.15) is 0 Å². The molecular weight excluding hydrogens is 266 g/mol. The van der Waals surface area contributed by atoms with Crippen LogP contribution < -0.4 is 0 Å². The van der Waals surface area contributed by atoms with Gasteiger partial charge in [-0.3, -0.25) is 9.59 Å². The van der Waals surface area contributed by atoms with Gasteiger partial charge in [-0.15, -0.1) is 0 Å². The Hall–Kier alpha value is -2.25. The summed E-state index contributed by atoms with van der Waals surface area (Å²) in [6, 6.07) is 0. The largest absolute Gasteiger partial charge is 0.465 e. The van der Waals surface area contributed by atoms with Gasteiger partial charge in [0.2, 0.25) is 5.82 Å². The fourth-order valence-corrected chi connectivity index (χ4v) is 2.08. The molecule has 1 aromatic heterocycles. The Kier molecular flexibility index (Phi) is 4.95. The van der Waals surface area contributed by atoms with E-state index in [-0.39, 0.29) is 12.3 Å². The minimum atomic E-state index is -1.32. The molecule has 110 valence electrons. The molecule has 0 saturated heterocycles. The molecule has 0 radical (unpaired) electrons. The standard InChI is InChI=1S/C12H17N3O5/c1-5-14-8(4)13-11(15(18)19)10(14)9(7(3)16)12(17)20-6-2/h9H,5-6H2,1-4H3. The summed E-state index contributed by atoms with van der Waals surface area (Å²) in [6.45, 7) is 6.60. The molecule has 0 bridgehead atoms. The smallest absolute Gasteiger partial charge is 0.386 e. The third kappa shape index (κ3) is 2.84. The zero-order valence-corrected chi connectivity index (χ0v) is 11.9. The van der Waals surface area contributed by atoms with Crippen LogP contribution in [0.2, 0.25) is 0 Å². The molecule has 1 rings (SSSR count). The number of carbonyl (C=O) groups is 2. The third-order valence-electron chi connectivity index (χ3n) is 2.87. The Labute approximate surface area is 115 Å². The van der Waals surface area contributed by atoms with Crippen LogP contribution in [0.15, 0.2) is 0 Å². The van der Waals surface area contributed by atoms with Crippen molar-refractivity contribution in [2.24, 2.45) is 0 Å². The van der Waals surface area contributed by atoms with E-state index in [1.54, 1.807) is 20.8 Å². The summed E-state index contributed by atoms with van der Waals surface area (Å²) in [5.41, 5.74) is -0.0130. The highest BCUT2D eigenvalue weighted by Crippen LogP contribution is 2.29. The zero-order valence-electron chi connectivity index (χ0n) is 11.9. The number of imidazole rings is 1. The van der Waals surface area contributed by atoms with Gasteiger partial charge in [-0.05, 0) is 30.7 Å². The summed E-state index contributed by atoms with van der Waals surface area (Å²) in [5, 5.41) is 11.1. The van der Waals surface area contributed by atoms with Gasteiger partial charge in [0.1, 0.15) is 11.5 Å². The molecule has 0 fully saturated rings. The number of hydrogen-bond donors (Lipinski definition) is 0. The lowest BCUT2D eigenvalue weighted by Gasteiger charge is -2.14.